The fourth-order valence-corrected chi connectivity index (χ4v) is 8.04. The van der Waals surface area contributed by atoms with Gasteiger partial charge in [-0.25, -0.2) is 4.68 Å². The van der Waals surface area contributed by atoms with E-state index >= 15 is 0 Å². The van der Waals surface area contributed by atoms with Gasteiger partial charge in [0, 0.05) is 37.0 Å². The van der Waals surface area contributed by atoms with Crippen LogP contribution in [0.2, 0.25) is 0 Å². The van der Waals surface area contributed by atoms with Crippen molar-refractivity contribution >= 4 is 35.4 Å². The fraction of sp³-hybridized carbons (Fsp3) is 0.465. The highest BCUT2D eigenvalue weighted by Crippen LogP contribution is 2.28. The summed E-state index contributed by atoms with van der Waals surface area (Å²) < 4.78 is 8.04. The van der Waals surface area contributed by atoms with Crippen LogP contribution in [0.1, 0.15) is 63.6 Å². The van der Waals surface area contributed by atoms with Crippen molar-refractivity contribution < 1.29 is 23.9 Å². The monoisotopic (exact) mass is 824 g/mol. The number of benzene rings is 3. The molecule has 314 valence electrons. The van der Waals surface area contributed by atoms with Crippen molar-refractivity contribution in [2.45, 2.75) is 99.9 Å². The van der Waals surface area contributed by atoms with Crippen LogP contribution in [0.25, 0.3) is 11.1 Å². The molecule has 2 saturated heterocycles. The Hall–Kier alpha value is -5.16. The molecule has 0 spiro atoms. The molecule has 3 heterocycles. The first-order valence-corrected chi connectivity index (χ1v) is 21.2. The second kappa shape index (κ2) is 20.7. The van der Waals surface area contributed by atoms with Crippen LogP contribution >= 0.6 is 11.8 Å². The summed E-state index contributed by atoms with van der Waals surface area (Å²) in [7, 11) is 1.71. The first kappa shape index (κ1) is 43.4. The molecule has 4 aromatic rings. The van der Waals surface area contributed by atoms with Crippen LogP contribution in [-0.2, 0) is 37.1 Å². The first-order valence-electron chi connectivity index (χ1n) is 20.4. The van der Waals surface area contributed by atoms with Crippen molar-refractivity contribution in [1.82, 2.24) is 46.0 Å². The number of aromatic nitrogens is 4. The molecule has 0 radical (unpaired) electrons. The van der Waals surface area contributed by atoms with Crippen LogP contribution in [0.15, 0.2) is 88.9 Å². The van der Waals surface area contributed by atoms with Gasteiger partial charge >= 0.3 is 0 Å². The highest BCUT2D eigenvalue weighted by atomic mass is 32.2. The zero-order valence-electron chi connectivity index (χ0n) is 34.3. The van der Waals surface area contributed by atoms with Crippen molar-refractivity contribution in [3.05, 3.63) is 90.0 Å². The molecule has 0 unspecified atom stereocenters. The Balaban J connectivity index is 1.10. The molecule has 59 heavy (non-hydrogen) atoms. The minimum absolute atomic E-state index is 0.0974. The van der Waals surface area contributed by atoms with Crippen molar-refractivity contribution in [3.8, 4) is 11.1 Å². The number of hydrogen-bond donors (Lipinski definition) is 4. The summed E-state index contributed by atoms with van der Waals surface area (Å²) >= 11 is 1.46. The number of nitrogens with zero attached hydrogens (tertiary/aromatic N) is 6. The maximum Gasteiger partial charge on any atom is 0.249 e. The minimum atomic E-state index is -0.936. The number of tetrazole rings is 1. The van der Waals surface area contributed by atoms with Crippen LogP contribution < -0.4 is 21.7 Å². The van der Waals surface area contributed by atoms with E-state index in [-0.39, 0.29) is 42.8 Å². The summed E-state index contributed by atoms with van der Waals surface area (Å²) in [6, 6.07) is 23.2. The van der Waals surface area contributed by atoms with Gasteiger partial charge in [-0.3, -0.25) is 19.2 Å². The molecule has 5 N–H and O–H groups in total. The largest absolute Gasteiger partial charge is 0.371 e. The summed E-state index contributed by atoms with van der Waals surface area (Å²) in [5, 5.41) is 21.8. The van der Waals surface area contributed by atoms with Crippen molar-refractivity contribution in [2.75, 3.05) is 33.2 Å². The molecule has 6 atom stereocenters. The Labute approximate surface area is 350 Å². The van der Waals surface area contributed by atoms with Crippen molar-refractivity contribution in [1.29, 1.82) is 0 Å². The quantitative estimate of drug-likeness (QED) is 0.115. The highest BCUT2D eigenvalue weighted by Gasteiger charge is 2.38. The van der Waals surface area contributed by atoms with E-state index in [9.17, 15) is 19.2 Å². The second-order valence-corrected chi connectivity index (χ2v) is 16.4. The highest BCUT2D eigenvalue weighted by molar-refractivity contribution is 7.99. The van der Waals surface area contributed by atoms with Gasteiger partial charge in [-0.05, 0) is 103 Å². The molecule has 2 fully saturated rings. The van der Waals surface area contributed by atoms with E-state index in [2.05, 4.69) is 31.5 Å². The summed E-state index contributed by atoms with van der Waals surface area (Å²) in [4.78, 5) is 58.4. The number of nitrogens with two attached hydrogens (primary N) is 1. The van der Waals surface area contributed by atoms with Crippen LogP contribution in [0, 0.1) is 5.92 Å². The number of rotatable bonds is 18. The normalized spacial score (nSPS) is 17.9. The lowest BCUT2D eigenvalue weighted by atomic mass is 9.99. The Morgan fingerprint density at radius 2 is 1.53 bits per heavy atom. The molecule has 0 bridgehead atoms. The van der Waals surface area contributed by atoms with Crippen molar-refractivity contribution in [2.24, 2.45) is 11.7 Å². The number of carbonyl (C=O) groups excluding carboxylic acids is 4. The van der Waals surface area contributed by atoms with Gasteiger partial charge in [0.15, 0.2) is 0 Å². The number of carbonyl (C=O) groups is 4. The molecular weight excluding hydrogens is 769 g/mol. The van der Waals surface area contributed by atoms with Gasteiger partial charge < -0.3 is 36.2 Å². The predicted octanol–water partition coefficient (Wildman–Crippen LogP) is 3.55. The van der Waals surface area contributed by atoms with E-state index in [1.54, 1.807) is 32.5 Å². The first-order chi connectivity index (χ1) is 28.6. The smallest absolute Gasteiger partial charge is 0.249 e. The number of likely N-dealkylation sites (N-methyl/N-ethyl adjacent to an activating group) is 1. The number of amides is 4. The predicted molar refractivity (Wildman–Crippen MR) is 225 cm³/mol. The van der Waals surface area contributed by atoms with E-state index in [4.69, 9.17) is 10.5 Å². The molecule has 1 aromatic heterocycles. The van der Waals surface area contributed by atoms with E-state index in [0.29, 0.717) is 31.3 Å². The molecule has 3 aromatic carbocycles. The molecule has 0 aliphatic carbocycles. The third kappa shape index (κ3) is 11.1. The van der Waals surface area contributed by atoms with Crippen molar-refractivity contribution in [3.63, 3.8) is 0 Å². The summed E-state index contributed by atoms with van der Waals surface area (Å²) in [6.45, 7) is 8.00. The van der Waals surface area contributed by atoms with Crippen LogP contribution in [0.3, 0.4) is 0 Å². The third-order valence-corrected chi connectivity index (χ3v) is 12.1. The topological polar surface area (TPSA) is 190 Å². The lowest BCUT2D eigenvalue weighted by Crippen LogP contribution is -2.56. The molecule has 2 aliphatic rings. The molecule has 16 heteroatoms. The summed E-state index contributed by atoms with van der Waals surface area (Å²) in [5.74, 6) is -1.35. The lowest BCUT2D eigenvalue weighted by molar-refractivity contribution is -0.142. The Bertz CT molecular complexity index is 2010. The van der Waals surface area contributed by atoms with Gasteiger partial charge in [-0.15, -0.1) is 5.10 Å². The minimum Gasteiger partial charge on any atom is -0.371 e. The number of nitrogens with one attached hydrogen (secondary N) is 3. The summed E-state index contributed by atoms with van der Waals surface area (Å²) in [5.41, 5.74) is 9.36. The van der Waals surface area contributed by atoms with Gasteiger partial charge in [0.05, 0.1) is 31.3 Å². The number of likely N-dealkylation sites (tertiary alicyclic amines) is 2. The third-order valence-electron chi connectivity index (χ3n) is 11.2. The summed E-state index contributed by atoms with van der Waals surface area (Å²) in [6.07, 6.45) is 2.85. The van der Waals surface area contributed by atoms with Gasteiger partial charge in [-0.1, -0.05) is 73.7 Å². The zero-order valence-corrected chi connectivity index (χ0v) is 35.1. The average Bonchev–Trinajstić information content (AvgIpc) is 4.07. The Morgan fingerprint density at radius 1 is 0.847 bits per heavy atom. The van der Waals surface area contributed by atoms with E-state index in [1.165, 1.54) is 11.8 Å². The van der Waals surface area contributed by atoms with E-state index in [0.717, 1.165) is 52.8 Å². The van der Waals surface area contributed by atoms with Gasteiger partial charge in [-0.2, -0.15) is 0 Å². The number of ether oxygens (including phenoxy) is 1. The Morgan fingerprint density at radius 3 is 2.19 bits per heavy atom. The number of hydrogen-bond acceptors (Lipinski definition) is 11. The molecule has 15 nitrogen and oxygen atoms in total. The maximum atomic E-state index is 14.3. The van der Waals surface area contributed by atoms with E-state index in [1.807, 2.05) is 88.7 Å². The average molecular weight is 825 g/mol. The van der Waals surface area contributed by atoms with E-state index < -0.39 is 30.1 Å². The van der Waals surface area contributed by atoms with Crippen LogP contribution in [-0.4, -0.2) is 111 Å². The maximum absolute atomic E-state index is 14.3. The van der Waals surface area contributed by atoms with Gasteiger partial charge in [0.1, 0.15) is 12.1 Å². The second-order valence-electron chi connectivity index (χ2n) is 15.3. The fourth-order valence-electron chi connectivity index (χ4n) is 7.25. The standard InChI is InChI=1S/C43H56N10O5S/c1-28(25-44)39(54)46-37(42(57)52-24-10-11-35(52)26-53-43(48-49-50-53)59-36-12-6-5-7-13-36)30(3)58-27-31-14-16-32(17-15-31)33-18-20-34(21-19-33)38(47-40(55)29(2)45-4)41(56)51-22-8-9-23-51/h5-7,12-21,28-30,35,37-38,45H,8-11,22-27,44H2,1-4H3,(H,46,54)(H,47,55)/t28-,29-,30-,35+,37+,38-/m1/s1. The van der Waals surface area contributed by atoms with Crippen LogP contribution in [0.5, 0.6) is 0 Å². The van der Waals surface area contributed by atoms with Crippen LogP contribution in [0.4, 0.5) is 0 Å². The molecule has 2 aliphatic heterocycles. The van der Waals surface area contributed by atoms with Gasteiger partial charge in [0.2, 0.25) is 28.8 Å². The Kier molecular flexibility index (Phi) is 15.2. The van der Waals surface area contributed by atoms with Gasteiger partial charge in [0.25, 0.3) is 0 Å². The zero-order chi connectivity index (χ0) is 41.9. The molecule has 0 saturated carbocycles. The SMILES string of the molecule is CN[C@H](C)C(=O)N[C@@H](C(=O)N1CCCC1)c1ccc(-c2ccc(CO[C@H](C)[C@H](NC(=O)[C@H](C)CN)C(=O)N3CCC[C@H]3Cn3nnnc3Sc3ccccc3)cc2)cc1. The molecule has 4 amide bonds. The lowest BCUT2D eigenvalue weighted by Gasteiger charge is -2.32. The molecular formula is C43H56N10O5S. The molecule has 6 rings (SSSR count).